The Kier molecular flexibility index (Phi) is 4.74. The van der Waals surface area contributed by atoms with E-state index in [4.69, 9.17) is 4.74 Å². The van der Waals surface area contributed by atoms with Gasteiger partial charge >= 0.3 is 0 Å². The number of hydrogen-bond donors (Lipinski definition) is 2. The first kappa shape index (κ1) is 17.9. The van der Waals surface area contributed by atoms with Crippen molar-refractivity contribution in [3.05, 3.63) is 78.4 Å². The quantitative estimate of drug-likeness (QED) is 0.477. The van der Waals surface area contributed by atoms with Gasteiger partial charge < -0.3 is 15.0 Å². The minimum absolute atomic E-state index is 0.276. The van der Waals surface area contributed by atoms with E-state index >= 15 is 0 Å². The molecule has 0 amide bonds. The normalized spacial score (nSPS) is 14.9. The number of fused-ring (bicyclic) bond motifs is 1. The minimum atomic E-state index is -0.276. The molecule has 4 nitrogen and oxygen atoms in total. The lowest BCUT2D eigenvalue weighted by Crippen LogP contribution is -2.26. The fourth-order valence-corrected chi connectivity index (χ4v) is 4.02. The molecule has 0 atom stereocenters. The van der Waals surface area contributed by atoms with Gasteiger partial charge in [-0.25, -0.2) is 9.37 Å². The first-order valence-corrected chi connectivity index (χ1v) is 9.98. The van der Waals surface area contributed by atoms with Gasteiger partial charge in [0.05, 0.1) is 0 Å². The summed E-state index contributed by atoms with van der Waals surface area (Å²) in [5.41, 5.74) is 4.37. The molecule has 0 bridgehead atoms. The van der Waals surface area contributed by atoms with E-state index in [1.807, 2.05) is 30.5 Å². The van der Waals surface area contributed by atoms with Crippen molar-refractivity contribution < 1.29 is 9.13 Å². The number of halogens is 1. The van der Waals surface area contributed by atoms with Crippen LogP contribution in [0.1, 0.15) is 24.5 Å². The number of piperidine rings is 1. The fourth-order valence-electron chi connectivity index (χ4n) is 4.02. The summed E-state index contributed by atoms with van der Waals surface area (Å²) in [6, 6.07) is 18.3. The van der Waals surface area contributed by atoms with E-state index in [1.54, 1.807) is 12.1 Å². The topological polar surface area (TPSA) is 49.9 Å². The number of ether oxygens (including phenoxy) is 1. The Hall–Kier alpha value is -3.18. The number of nitrogens with zero attached hydrogens (tertiary/aromatic N) is 1. The molecule has 2 aromatic heterocycles. The smallest absolute Gasteiger partial charge is 0.138 e. The molecule has 3 heterocycles. The Bertz CT molecular complexity index is 1130. The molecule has 29 heavy (non-hydrogen) atoms. The van der Waals surface area contributed by atoms with Crippen LogP contribution in [0.5, 0.6) is 11.5 Å². The number of hydrogen-bond acceptors (Lipinski definition) is 3. The summed E-state index contributed by atoms with van der Waals surface area (Å²) in [5.74, 6) is 1.60. The van der Waals surface area contributed by atoms with Gasteiger partial charge in [-0.1, -0.05) is 12.1 Å². The first-order valence-electron chi connectivity index (χ1n) is 9.98. The fraction of sp³-hybridized carbons (Fsp3) is 0.208. The molecule has 2 N–H and O–H groups in total. The highest BCUT2D eigenvalue weighted by molar-refractivity contribution is 5.93. The number of rotatable bonds is 4. The Morgan fingerprint density at radius 1 is 0.931 bits per heavy atom. The van der Waals surface area contributed by atoms with E-state index in [9.17, 15) is 4.39 Å². The Morgan fingerprint density at radius 2 is 1.76 bits per heavy atom. The maximum Gasteiger partial charge on any atom is 0.138 e. The lowest BCUT2D eigenvalue weighted by Gasteiger charge is -2.21. The van der Waals surface area contributed by atoms with Gasteiger partial charge in [0.1, 0.15) is 23.0 Å². The van der Waals surface area contributed by atoms with Crippen molar-refractivity contribution in [2.24, 2.45) is 0 Å². The van der Waals surface area contributed by atoms with Crippen molar-refractivity contribution in [1.82, 2.24) is 15.3 Å². The lowest BCUT2D eigenvalue weighted by molar-refractivity contribution is 0.455. The summed E-state index contributed by atoms with van der Waals surface area (Å²) in [4.78, 5) is 8.07. The Balaban J connectivity index is 1.48. The molecule has 5 heteroatoms. The number of nitrogens with one attached hydrogen (secondary N) is 2. The van der Waals surface area contributed by atoms with E-state index in [2.05, 4.69) is 27.4 Å². The summed E-state index contributed by atoms with van der Waals surface area (Å²) >= 11 is 0. The van der Waals surface area contributed by atoms with Crippen molar-refractivity contribution in [1.29, 1.82) is 0 Å². The molecule has 1 fully saturated rings. The third-order valence-corrected chi connectivity index (χ3v) is 5.53. The first-order chi connectivity index (χ1) is 14.3. The molecule has 4 aromatic rings. The van der Waals surface area contributed by atoms with Gasteiger partial charge in [0, 0.05) is 23.2 Å². The van der Waals surface area contributed by atoms with Crippen molar-refractivity contribution in [2.75, 3.05) is 13.1 Å². The van der Waals surface area contributed by atoms with Crippen LogP contribution in [0.25, 0.3) is 22.2 Å². The van der Waals surface area contributed by atoms with Gasteiger partial charge in [0.25, 0.3) is 0 Å². The van der Waals surface area contributed by atoms with Crippen molar-refractivity contribution in [3.8, 4) is 22.6 Å². The molecule has 0 aliphatic carbocycles. The number of pyridine rings is 1. The SMILES string of the molecule is Fc1ccc(Oc2cccc(-c3ccnc4[nH]c(C5CCNCC5)cc34)c2)cc1. The van der Waals surface area contributed by atoms with Crippen LogP contribution < -0.4 is 10.1 Å². The van der Waals surface area contributed by atoms with Crippen LogP contribution in [0.15, 0.2) is 66.9 Å². The molecule has 1 aliphatic rings. The summed E-state index contributed by atoms with van der Waals surface area (Å²) in [7, 11) is 0. The lowest BCUT2D eigenvalue weighted by atomic mass is 9.94. The largest absolute Gasteiger partial charge is 0.457 e. The van der Waals surface area contributed by atoms with Crippen LogP contribution in [0.4, 0.5) is 4.39 Å². The van der Waals surface area contributed by atoms with Gasteiger partial charge in [-0.15, -0.1) is 0 Å². The van der Waals surface area contributed by atoms with E-state index in [0.29, 0.717) is 17.4 Å². The van der Waals surface area contributed by atoms with Gasteiger partial charge in [0.15, 0.2) is 0 Å². The summed E-state index contributed by atoms with van der Waals surface area (Å²) in [5, 5.41) is 4.55. The minimum Gasteiger partial charge on any atom is -0.457 e. The number of aromatic amines is 1. The number of H-pyrrole nitrogens is 1. The van der Waals surface area contributed by atoms with Crippen molar-refractivity contribution >= 4 is 11.0 Å². The molecule has 0 unspecified atom stereocenters. The van der Waals surface area contributed by atoms with E-state index in [-0.39, 0.29) is 5.82 Å². The number of aromatic nitrogens is 2. The van der Waals surface area contributed by atoms with Crippen LogP contribution in [0, 0.1) is 5.82 Å². The van der Waals surface area contributed by atoms with Crippen LogP contribution >= 0.6 is 0 Å². The Morgan fingerprint density at radius 3 is 2.59 bits per heavy atom. The van der Waals surface area contributed by atoms with E-state index in [0.717, 1.165) is 48.1 Å². The maximum atomic E-state index is 13.1. The second kappa shape index (κ2) is 7.68. The second-order valence-corrected chi connectivity index (χ2v) is 7.45. The molecule has 5 rings (SSSR count). The second-order valence-electron chi connectivity index (χ2n) is 7.45. The van der Waals surface area contributed by atoms with E-state index in [1.165, 1.54) is 17.8 Å². The molecule has 0 saturated carbocycles. The molecular formula is C24H22FN3O. The standard InChI is InChI=1S/C24H22FN3O/c25-18-4-6-19(7-5-18)29-20-3-1-2-17(14-20)21-10-13-27-24-22(21)15-23(28-24)16-8-11-26-12-9-16/h1-7,10,13-16,26H,8-9,11-12H2,(H,27,28). The Labute approximate surface area is 168 Å². The zero-order chi connectivity index (χ0) is 19.6. The highest BCUT2D eigenvalue weighted by Crippen LogP contribution is 2.34. The van der Waals surface area contributed by atoms with E-state index < -0.39 is 0 Å². The van der Waals surface area contributed by atoms with Crippen LogP contribution in [0.2, 0.25) is 0 Å². The van der Waals surface area contributed by atoms with Gasteiger partial charge in [0.2, 0.25) is 0 Å². The third-order valence-electron chi connectivity index (χ3n) is 5.53. The van der Waals surface area contributed by atoms with Crippen LogP contribution in [-0.4, -0.2) is 23.1 Å². The van der Waals surface area contributed by atoms with Crippen LogP contribution in [0.3, 0.4) is 0 Å². The van der Waals surface area contributed by atoms with Gasteiger partial charge in [-0.2, -0.15) is 0 Å². The van der Waals surface area contributed by atoms with Gasteiger partial charge in [-0.3, -0.25) is 0 Å². The predicted molar refractivity (Wildman–Crippen MR) is 113 cm³/mol. The average Bonchev–Trinajstić information content (AvgIpc) is 3.21. The molecule has 2 aromatic carbocycles. The zero-order valence-electron chi connectivity index (χ0n) is 16.0. The van der Waals surface area contributed by atoms with Crippen molar-refractivity contribution in [3.63, 3.8) is 0 Å². The highest BCUT2D eigenvalue weighted by atomic mass is 19.1. The maximum absolute atomic E-state index is 13.1. The number of benzene rings is 2. The third kappa shape index (κ3) is 3.74. The molecule has 146 valence electrons. The summed E-state index contributed by atoms with van der Waals surface area (Å²) in [6.45, 7) is 2.12. The highest BCUT2D eigenvalue weighted by Gasteiger charge is 2.18. The molecule has 0 spiro atoms. The van der Waals surface area contributed by atoms with Crippen LogP contribution in [-0.2, 0) is 0 Å². The monoisotopic (exact) mass is 387 g/mol. The average molecular weight is 387 g/mol. The molecule has 1 saturated heterocycles. The predicted octanol–water partition coefficient (Wildman–Crippen LogP) is 5.63. The summed E-state index contributed by atoms with van der Waals surface area (Å²) in [6.07, 6.45) is 4.13. The molecule has 0 radical (unpaired) electrons. The van der Waals surface area contributed by atoms with Gasteiger partial charge in [-0.05, 0) is 85.6 Å². The zero-order valence-corrected chi connectivity index (χ0v) is 16.0. The molecule has 1 aliphatic heterocycles. The van der Waals surface area contributed by atoms with Crippen molar-refractivity contribution in [2.45, 2.75) is 18.8 Å². The summed E-state index contributed by atoms with van der Waals surface area (Å²) < 4.78 is 19.0. The molecular weight excluding hydrogens is 365 g/mol.